The lowest BCUT2D eigenvalue weighted by Gasteiger charge is -2.14. The maximum absolute atomic E-state index is 11.1. The van der Waals surface area contributed by atoms with Crippen molar-refractivity contribution in [1.29, 1.82) is 0 Å². The fourth-order valence-electron chi connectivity index (χ4n) is 1.32. The van der Waals surface area contributed by atoms with Crippen LogP contribution >= 0.6 is 0 Å². The van der Waals surface area contributed by atoms with Crippen LogP contribution in [0.2, 0.25) is 0 Å². The van der Waals surface area contributed by atoms with Crippen molar-refractivity contribution < 1.29 is 24.2 Å². The summed E-state index contributed by atoms with van der Waals surface area (Å²) in [4.78, 5) is 22.0. The van der Waals surface area contributed by atoms with Gasteiger partial charge in [-0.25, -0.2) is 4.79 Å². The molecule has 1 rings (SSSR count). The highest BCUT2D eigenvalue weighted by Crippen LogP contribution is 2.31. The molecule has 1 aromatic carbocycles. The molecule has 0 bridgehead atoms. The Balaban J connectivity index is 3.12. The van der Waals surface area contributed by atoms with E-state index in [0.717, 1.165) is 0 Å². The zero-order valence-corrected chi connectivity index (χ0v) is 10.6. The molecule has 0 atom stereocenters. The summed E-state index contributed by atoms with van der Waals surface area (Å²) in [7, 11) is 0. The van der Waals surface area contributed by atoms with Gasteiger partial charge in [-0.3, -0.25) is 4.79 Å². The van der Waals surface area contributed by atoms with Crippen molar-refractivity contribution in [3.8, 4) is 11.5 Å². The van der Waals surface area contributed by atoms with Crippen LogP contribution in [0.4, 0.5) is 0 Å². The first-order valence-electron chi connectivity index (χ1n) is 5.59. The fourth-order valence-corrected chi connectivity index (χ4v) is 1.32. The lowest BCUT2D eigenvalue weighted by Crippen LogP contribution is -2.11. The van der Waals surface area contributed by atoms with E-state index in [0.29, 0.717) is 6.61 Å². The Morgan fingerprint density at radius 1 is 1.33 bits per heavy atom. The third kappa shape index (κ3) is 3.76. The highest BCUT2D eigenvalue weighted by atomic mass is 16.6. The number of rotatable bonds is 5. The number of para-hydroxylation sites is 1. The molecule has 5 nitrogen and oxygen atoms in total. The minimum Gasteiger partial charge on any atom is -0.488 e. The van der Waals surface area contributed by atoms with E-state index >= 15 is 0 Å². The van der Waals surface area contributed by atoms with Gasteiger partial charge in [-0.2, -0.15) is 0 Å². The molecule has 0 aromatic heterocycles. The maximum Gasteiger partial charge on any atom is 0.339 e. The summed E-state index contributed by atoms with van der Waals surface area (Å²) in [5, 5.41) is 9.07. The van der Waals surface area contributed by atoms with Crippen LogP contribution < -0.4 is 9.47 Å². The molecular weight excluding hydrogens is 236 g/mol. The van der Waals surface area contributed by atoms with Crippen LogP contribution in [-0.4, -0.2) is 23.7 Å². The lowest BCUT2D eigenvalue weighted by atomic mass is 10.2. The van der Waals surface area contributed by atoms with Crippen LogP contribution in [0.3, 0.4) is 0 Å². The zero-order chi connectivity index (χ0) is 13.7. The molecule has 0 radical (unpaired) electrons. The first-order chi connectivity index (χ1) is 8.41. The van der Waals surface area contributed by atoms with Gasteiger partial charge in [0, 0.05) is 6.92 Å². The van der Waals surface area contributed by atoms with Gasteiger partial charge in [-0.05, 0) is 18.1 Å². The molecule has 0 aliphatic carbocycles. The molecule has 0 fully saturated rings. The number of carboxylic acid groups (broad SMARTS) is 1. The number of carboxylic acids is 1. The normalized spacial score (nSPS) is 10.2. The Hall–Kier alpha value is -2.04. The predicted octanol–water partition coefficient (Wildman–Crippen LogP) is 2.34. The van der Waals surface area contributed by atoms with Gasteiger partial charge in [0.05, 0.1) is 6.61 Å². The second-order valence-corrected chi connectivity index (χ2v) is 4.24. The topological polar surface area (TPSA) is 72.8 Å². The van der Waals surface area contributed by atoms with Gasteiger partial charge in [-0.15, -0.1) is 0 Å². The number of aromatic carboxylic acids is 1. The molecule has 0 heterocycles. The molecule has 0 saturated heterocycles. The van der Waals surface area contributed by atoms with Crippen molar-refractivity contribution in [3.05, 3.63) is 23.8 Å². The smallest absolute Gasteiger partial charge is 0.339 e. The summed E-state index contributed by atoms with van der Waals surface area (Å²) in [6.07, 6.45) is 0. The number of esters is 1. The van der Waals surface area contributed by atoms with Crippen LogP contribution in [0.1, 0.15) is 31.1 Å². The number of hydrogen-bond acceptors (Lipinski definition) is 4. The molecule has 0 amide bonds. The molecular formula is C13H16O5. The monoisotopic (exact) mass is 252 g/mol. The van der Waals surface area contributed by atoms with E-state index in [2.05, 4.69) is 0 Å². The van der Waals surface area contributed by atoms with Crippen LogP contribution in [0.5, 0.6) is 11.5 Å². The van der Waals surface area contributed by atoms with Gasteiger partial charge in [-0.1, -0.05) is 19.9 Å². The van der Waals surface area contributed by atoms with Crippen LogP contribution in [0.15, 0.2) is 18.2 Å². The third-order valence-electron chi connectivity index (χ3n) is 2.02. The summed E-state index contributed by atoms with van der Waals surface area (Å²) in [5.74, 6) is -1.19. The largest absolute Gasteiger partial charge is 0.488 e. The van der Waals surface area contributed by atoms with E-state index in [1.807, 2.05) is 13.8 Å². The molecule has 98 valence electrons. The number of benzene rings is 1. The Kier molecular flexibility index (Phi) is 4.71. The molecule has 0 spiro atoms. The van der Waals surface area contributed by atoms with Crippen molar-refractivity contribution >= 4 is 11.9 Å². The quantitative estimate of drug-likeness (QED) is 0.643. The SMILES string of the molecule is CC(=O)Oc1cccc(C(=O)O)c1OCC(C)C. The fraction of sp³-hybridized carbons (Fsp3) is 0.385. The van der Waals surface area contributed by atoms with E-state index in [1.165, 1.54) is 25.1 Å². The number of carbonyl (C=O) groups is 2. The molecule has 0 aliphatic heterocycles. The van der Waals surface area contributed by atoms with E-state index in [-0.39, 0.29) is 23.0 Å². The van der Waals surface area contributed by atoms with Gasteiger partial charge in [0.15, 0.2) is 11.5 Å². The number of carbonyl (C=O) groups excluding carboxylic acids is 1. The first kappa shape index (κ1) is 14.0. The van der Waals surface area contributed by atoms with Crippen molar-refractivity contribution in [3.63, 3.8) is 0 Å². The Bertz CT molecular complexity index is 451. The van der Waals surface area contributed by atoms with Gasteiger partial charge >= 0.3 is 11.9 Å². The van der Waals surface area contributed by atoms with Gasteiger partial charge in [0.25, 0.3) is 0 Å². The second-order valence-electron chi connectivity index (χ2n) is 4.24. The molecule has 0 aliphatic rings. The molecule has 1 aromatic rings. The minimum absolute atomic E-state index is 0.0191. The van der Waals surface area contributed by atoms with Gasteiger partial charge < -0.3 is 14.6 Å². The van der Waals surface area contributed by atoms with E-state index in [1.54, 1.807) is 0 Å². The Morgan fingerprint density at radius 2 is 2.00 bits per heavy atom. The standard InChI is InChI=1S/C13H16O5/c1-8(2)7-17-12-10(13(15)16)5-4-6-11(12)18-9(3)14/h4-6,8H,7H2,1-3H3,(H,15,16). The van der Waals surface area contributed by atoms with Crippen molar-refractivity contribution in [2.45, 2.75) is 20.8 Å². The Labute approximate surface area is 105 Å². The average molecular weight is 252 g/mol. The molecule has 0 saturated carbocycles. The second kappa shape index (κ2) is 6.05. The van der Waals surface area contributed by atoms with E-state index in [4.69, 9.17) is 14.6 Å². The summed E-state index contributed by atoms with van der Waals surface area (Å²) >= 11 is 0. The lowest BCUT2D eigenvalue weighted by molar-refractivity contribution is -0.132. The maximum atomic E-state index is 11.1. The van der Waals surface area contributed by atoms with E-state index in [9.17, 15) is 9.59 Å². The average Bonchev–Trinajstić information content (AvgIpc) is 2.25. The summed E-state index contributed by atoms with van der Waals surface area (Å²) < 4.78 is 10.4. The van der Waals surface area contributed by atoms with Crippen LogP contribution in [0, 0.1) is 5.92 Å². The highest BCUT2D eigenvalue weighted by Gasteiger charge is 2.18. The predicted molar refractivity (Wildman–Crippen MR) is 65.0 cm³/mol. The molecule has 0 unspecified atom stereocenters. The number of ether oxygens (including phenoxy) is 2. The van der Waals surface area contributed by atoms with Gasteiger partial charge in [0.2, 0.25) is 0 Å². The summed E-state index contributed by atoms with van der Waals surface area (Å²) in [6, 6.07) is 4.42. The summed E-state index contributed by atoms with van der Waals surface area (Å²) in [6.45, 7) is 5.47. The first-order valence-corrected chi connectivity index (χ1v) is 5.59. The molecule has 18 heavy (non-hydrogen) atoms. The van der Waals surface area contributed by atoms with Crippen molar-refractivity contribution in [2.75, 3.05) is 6.61 Å². The highest BCUT2D eigenvalue weighted by molar-refractivity contribution is 5.92. The van der Waals surface area contributed by atoms with Crippen molar-refractivity contribution in [2.24, 2.45) is 5.92 Å². The van der Waals surface area contributed by atoms with Crippen LogP contribution in [0.25, 0.3) is 0 Å². The number of hydrogen-bond donors (Lipinski definition) is 1. The minimum atomic E-state index is -1.12. The van der Waals surface area contributed by atoms with Crippen molar-refractivity contribution in [1.82, 2.24) is 0 Å². The van der Waals surface area contributed by atoms with E-state index < -0.39 is 11.9 Å². The molecule has 1 N–H and O–H groups in total. The zero-order valence-electron chi connectivity index (χ0n) is 10.6. The summed E-state index contributed by atoms with van der Waals surface area (Å²) in [5.41, 5.74) is -0.0191. The Morgan fingerprint density at radius 3 is 2.50 bits per heavy atom. The molecule has 5 heteroatoms. The van der Waals surface area contributed by atoms with Crippen LogP contribution in [-0.2, 0) is 4.79 Å². The third-order valence-corrected chi connectivity index (χ3v) is 2.02. The van der Waals surface area contributed by atoms with Gasteiger partial charge in [0.1, 0.15) is 5.56 Å².